The third-order valence-corrected chi connectivity index (χ3v) is 5.77. The highest BCUT2D eigenvalue weighted by atomic mass is 79.9. The van der Waals surface area contributed by atoms with Crippen molar-refractivity contribution in [2.75, 3.05) is 0 Å². The summed E-state index contributed by atoms with van der Waals surface area (Å²) in [7, 11) is 0. The standard InChI is InChI=1S/C22H17BrClNO3/c23-18-5-1-4-17-16(18)6-7-20(17)28-22-10-21(15(12-26)9-19(22)24)27-13-14-3-2-8-25-11-14/h1-5,8-12,20H,6-7,13H2. The maximum absolute atomic E-state index is 11.5. The minimum Gasteiger partial charge on any atom is -0.488 e. The number of aromatic nitrogens is 1. The van der Waals surface area contributed by atoms with Gasteiger partial charge in [0.05, 0.1) is 10.6 Å². The van der Waals surface area contributed by atoms with Crippen molar-refractivity contribution in [3.8, 4) is 11.5 Å². The number of hydrogen-bond acceptors (Lipinski definition) is 4. The van der Waals surface area contributed by atoms with E-state index >= 15 is 0 Å². The summed E-state index contributed by atoms with van der Waals surface area (Å²) in [4.78, 5) is 15.5. The number of nitrogens with zero attached hydrogens (tertiary/aromatic N) is 1. The number of benzene rings is 2. The van der Waals surface area contributed by atoms with Crippen molar-refractivity contribution in [1.29, 1.82) is 0 Å². The van der Waals surface area contributed by atoms with E-state index in [4.69, 9.17) is 21.1 Å². The van der Waals surface area contributed by atoms with E-state index in [0.717, 1.165) is 34.7 Å². The van der Waals surface area contributed by atoms with Crippen LogP contribution in [-0.2, 0) is 13.0 Å². The van der Waals surface area contributed by atoms with Gasteiger partial charge in [0.25, 0.3) is 0 Å². The minimum absolute atomic E-state index is 0.0849. The molecule has 28 heavy (non-hydrogen) atoms. The number of fused-ring (bicyclic) bond motifs is 1. The average Bonchev–Trinajstić information content (AvgIpc) is 3.13. The zero-order valence-corrected chi connectivity index (χ0v) is 17.2. The van der Waals surface area contributed by atoms with Crippen molar-refractivity contribution < 1.29 is 14.3 Å². The number of rotatable bonds is 6. The van der Waals surface area contributed by atoms with E-state index in [1.807, 2.05) is 24.3 Å². The molecule has 0 spiro atoms. The van der Waals surface area contributed by atoms with E-state index in [2.05, 4.69) is 27.0 Å². The molecule has 4 rings (SSSR count). The van der Waals surface area contributed by atoms with Gasteiger partial charge in [-0.15, -0.1) is 0 Å². The van der Waals surface area contributed by atoms with E-state index in [1.54, 1.807) is 24.5 Å². The fraction of sp³-hybridized carbons (Fsp3) is 0.182. The molecule has 0 radical (unpaired) electrons. The zero-order valence-electron chi connectivity index (χ0n) is 14.9. The second kappa shape index (κ2) is 8.33. The molecule has 0 N–H and O–H groups in total. The summed E-state index contributed by atoms with van der Waals surface area (Å²) in [5.41, 5.74) is 3.71. The van der Waals surface area contributed by atoms with Crippen LogP contribution in [0.15, 0.2) is 59.3 Å². The molecule has 0 saturated carbocycles. The molecule has 0 fully saturated rings. The summed E-state index contributed by atoms with van der Waals surface area (Å²) >= 11 is 9.98. The summed E-state index contributed by atoms with van der Waals surface area (Å²) in [5.74, 6) is 0.942. The van der Waals surface area contributed by atoms with E-state index in [1.165, 1.54) is 5.56 Å². The Morgan fingerprint density at radius 1 is 1.21 bits per heavy atom. The quantitative estimate of drug-likeness (QED) is 0.428. The van der Waals surface area contributed by atoms with Crippen LogP contribution in [-0.4, -0.2) is 11.3 Å². The van der Waals surface area contributed by atoms with Crippen LogP contribution in [0.3, 0.4) is 0 Å². The minimum atomic E-state index is -0.0849. The number of aldehydes is 1. The lowest BCUT2D eigenvalue weighted by atomic mass is 10.1. The lowest BCUT2D eigenvalue weighted by Gasteiger charge is -2.18. The van der Waals surface area contributed by atoms with Crippen molar-refractivity contribution in [2.45, 2.75) is 25.6 Å². The Morgan fingerprint density at radius 3 is 2.89 bits per heavy atom. The summed E-state index contributed by atoms with van der Waals surface area (Å²) in [6, 6.07) is 13.1. The summed E-state index contributed by atoms with van der Waals surface area (Å²) in [6.07, 6.45) is 5.88. The van der Waals surface area contributed by atoms with Crippen LogP contribution in [0.4, 0.5) is 0 Å². The molecule has 1 heterocycles. The molecule has 142 valence electrons. The topological polar surface area (TPSA) is 48.4 Å². The van der Waals surface area contributed by atoms with Gasteiger partial charge < -0.3 is 9.47 Å². The Kier molecular flexibility index (Phi) is 5.64. The van der Waals surface area contributed by atoms with Crippen LogP contribution in [0.2, 0.25) is 5.02 Å². The fourth-order valence-corrected chi connectivity index (χ4v) is 4.15. The first kappa shape index (κ1) is 19.0. The monoisotopic (exact) mass is 457 g/mol. The largest absolute Gasteiger partial charge is 0.488 e. The molecule has 1 aliphatic carbocycles. The Hall–Kier alpha value is -2.37. The van der Waals surface area contributed by atoms with Crippen LogP contribution in [0.25, 0.3) is 0 Å². The zero-order chi connectivity index (χ0) is 19.5. The van der Waals surface area contributed by atoms with Crippen molar-refractivity contribution >= 4 is 33.8 Å². The highest BCUT2D eigenvalue weighted by Crippen LogP contribution is 2.41. The van der Waals surface area contributed by atoms with Gasteiger partial charge in [-0.3, -0.25) is 9.78 Å². The molecule has 0 aliphatic heterocycles. The summed E-state index contributed by atoms with van der Waals surface area (Å²) in [5, 5.41) is 0.388. The van der Waals surface area contributed by atoms with Crippen LogP contribution < -0.4 is 9.47 Å². The lowest BCUT2D eigenvalue weighted by Crippen LogP contribution is -2.05. The Bertz CT molecular complexity index is 1010. The van der Waals surface area contributed by atoms with Gasteiger partial charge in [-0.2, -0.15) is 0 Å². The number of pyridine rings is 1. The van der Waals surface area contributed by atoms with Crippen molar-refractivity contribution in [3.05, 3.63) is 86.6 Å². The predicted octanol–water partition coefficient (Wildman–Crippen LogP) is 5.96. The third kappa shape index (κ3) is 3.91. The lowest BCUT2D eigenvalue weighted by molar-refractivity contribution is 0.111. The number of carbonyl (C=O) groups excluding carboxylic acids is 1. The third-order valence-electron chi connectivity index (χ3n) is 4.74. The molecule has 4 nitrogen and oxygen atoms in total. The number of hydrogen-bond donors (Lipinski definition) is 0. The highest BCUT2D eigenvalue weighted by Gasteiger charge is 2.26. The smallest absolute Gasteiger partial charge is 0.153 e. The van der Waals surface area contributed by atoms with Gasteiger partial charge in [0.15, 0.2) is 6.29 Å². The molecule has 1 aliphatic rings. The van der Waals surface area contributed by atoms with Crippen LogP contribution in [0.1, 0.15) is 39.6 Å². The molecule has 2 aromatic carbocycles. The normalized spacial score (nSPS) is 15.1. The van der Waals surface area contributed by atoms with Crippen molar-refractivity contribution in [1.82, 2.24) is 4.98 Å². The summed E-state index contributed by atoms with van der Waals surface area (Å²) < 4.78 is 13.2. The van der Waals surface area contributed by atoms with Gasteiger partial charge in [0.2, 0.25) is 0 Å². The Morgan fingerprint density at radius 2 is 2.11 bits per heavy atom. The Balaban J connectivity index is 1.58. The first-order valence-corrected chi connectivity index (χ1v) is 10.1. The number of halogens is 2. The van der Waals surface area contributed by atoms with Crippen LogP contribution >= 0.6 is 27.5 Å². The fourth-order valence-electron chi connectivity index (χ4n) is 3.35. The van der Waals surface area contributed by atoms with Gasteiger partial charge in [0.1, 0.15) is 24.2 Å². The SMILES string of the molecule is O=Cc1cc(Cl)c(OC2CCc3c(Br)cccc32)cc1OCc1cccnc1. The molecule has 0 bridgehead atoms. The van der Waals surface area contributed by atoms with Gasteiger partial charge in [-0.05, 0) is 42.2 Å². The van der Waals surface area contributed by atoms with Gasteiger partial charge in [0, 0.05) is 28.5 Å². The molecule has 1 unspecified atom stereocenters. The van der Waals surface area contributed by atoms with Crippen molar-refractivity contribution in [2.24, 2.45) is 0 Å². The molecule has 3 aromatic rings. The predicted molar refractivity (Wildman–Crippen MR) is 111 cm³/mol. The van der Waals surface area contributed by atoms with E-state index < -0.39 is 0 Å². The molecule has 0 amide bonds. The Labute approximate surface area is 176 Å². The first-order valence-electron chi connectivity index (χ1n) is 8.90. The molecule has 1 atom stereocenters. The van der Waals surface area contributed by atoms with Crippen LogP contribution in [0.5, 0.6) is 11.5 Å². The van der Waals surface area contributed by atoms with Crippen molar-refractivity contribution in [3.63, 3.8) is 0 Å². The second-order valence-electron chi connectivity index (χ2n) is 6.54. The summed E-state index contributed by atoms with van der Waals surface area (Å²) in [6.45, 7) is 0.301. The molecule has 0 saturated heterocycles. The van der Waals surface area contributed by atoms with Crippen LogP contribution in [0, 0.1) is 0 Å². The number of carbonyl (C=O) groups is 1. The first-order chi connectivity index (χ1) is 13.7. The number of ether oxygens (including phenoxy) is 2. The molecular weight excluding hydrogens is 442 g/mol. The van der Waals surface area contributed by atoms with Gasteiger partial charge in [-0.25, -0.2) is 0 Å². The van der Waals surface area contributed by atoms with E-state index in [0.29, 0.717) is 28.7 Å². The molecule has 6 heteroatoms. The average molecular weight is 459 g/mol. The van der Waals surface area contributed by atoms with E-state index in [-0.39, 0.29) is 6.10 Å². The molecular formula is C22H17BrClNO3. The molecule has 1 aromatic heterocycles. The maximum Gasteiger partial charge on any atom is 0.153 e. The van der Waals surface area contributed by atoms with Gasteiger partial charge >= 0.3 is 0 Å². The van der Waals surface area contributed by atoms with E-state index in [9.17, 15) is 4.79 Å². The highest BCUT2D eigenvalue weighted by molar-refractivity contribution is 9.10. The van der Waals surface area contributed by atoms with Gasteiger partial charge in [-0.1, -0.05) is 45.7 Å². The second-order valence-corrected chi connectivity index (χ2v) is 7.80. The maximum atomic E-state index is 11.5.